The lowest BCUT2D eigenvalue weighted by molar-refractivity contribution is -0.139. The van der Waals surface area contributed by atoms with Crippen molar-refractivity contribution in [2.24, 2.45) is 11.3 Å². The fourth-order valence-corrected chi connectivity index (χ4v) is 3.57. The summed E-state index contributed by atoms with van der Waals surface area (Å²) in [6.45, 7) is 4.34. The van der Waals surface area contributed by atoms with E-state index in [1.807, 2.05) is 29.2 Å². The Morgan fingerprint density at radius 3 is 2.77 bits per heavy atom. The smallest absolute Gasteiger partial charge is 0.229 e. The fraction of sp³-hybridized carbons (Fsp3) is 0.611. The largest absolute Gasteiger partial charge is 0.492 e. The quantitative estimate of drug-likeness (QED) is 0.932. The second-order valence-electron chi connectivity index (χ2n) is 6.66. The van der Waals surface area contributed by atoms with Gasteiger partial charge in [0.25, 0.3) is 0 Å². The zero-order valence-corrected chi connectivity index (χ0v) is 13.3. The van der Waals surface area contributed by atoms with Crippen molar-refractivity contribution in [3.63, 3.8) is 0 Å². The Labute approximate surface area is 132 Å². The highest BCUT2D eigenvalue weighted by Gasteiger charge is 2.36. The second-order valence-corrected chi connectivity index (χ2v) is 6.66. The van der Waals surface area contributed by atoms with Gasteiger partial charge in [0, 0.05) is 19.7 Å². The van der Waals surface area contributed by atoms with E-state index in [-0.39, 0.29) is 23.8 Å². The van der Waals surface area contributed by atoms with Gasteiger partial charge in [-0.25, -0.2) is 0 Å². The van der Waals surface area contributed by atoms with Crippen LogP contribution in [0.3, 0.4) is 0 Å². The number of aliphatic hydroxyl groups excluding tert-OH is 1. The van der Waals surface area contributed by atoms with Gasteiger partial charge >= 0.3 is 0 Å². The van der Waals surface area contributed by atoms with E-state index in [2.05, 4.69) is 6.92 Å². The molecule has 1 fully saturated rings. The van der Waals surface area contributed by atoms with Gasteiger partial charge in [-0.3, -0.25) is 4.79 Å². The highest BCUT2D eigenvalue weighted by Crippen LogP contribution is 2.35. The first-order valence-electron chi connectivity index (χ1n) is 8.28. The van der Waals surface area contributed by atoms with Crippen LogP contribution in [0.15, 0.2) is 24.3 Å². The molecule has 4 heteroatoms. The summed E-state index contributed by atoms with van der Waals surface area (Å²) < 4.78 is 5.74. The molecule has 2 heterocycles. The Kier molecular flexibility index (Phi) is 4.39. The van der Waals surface area contributed by atoms with Crippen molar-refractivity contribution in [2.75, 3.05) is 26.3 Å². The molecule has 0 spiro atoms. The van der Waals surface area contributed by atoms with E-state index in [1.54, 1.807) is 0 Å². The number of aliphatic hydroxyl groups is 1. The minimum atomic E-state index is -0.0712. The number of amides is 1. The molecule has 1 N–H and O–H groups in total. The molecule has 120 valence electrons. The van der Waals surface area contributed by atoms with Gasteiger partial charge in [0.2, 0.25) is 5.91 Å². The van der Waals surface area contributed by atoms with Crippen molar-refractivity contribution in [2.45, 2.75) is 32.6 Å². The number of carbonyl (C=O) groups excluding carboxylic acids is 1. The monoisotopic (exact) mass is 303 g/mol. The van der Waals surface area contributed by atoms with Crippen LogP contribution < -0.4 is 4.74 Å². The molecule has 0 bridgehead atoms. The average Bonchev–Trinajstić information content (AvgIpc) is 2.61. The molecular formula is C18H25NO3. The summed E-state index contributed by atoms with van der Waals surface area (Å²) in [5.74, 6) is 1.05. The van der Waals surface area contributed by atoms with E-state index in [9.17, 15) is 9.90 Å². The van der Waals surface area contributed by atoms with Crippen molar-refractivity contribution in [3.8, 4) is 5.75 Å². The molecule has 4 nitrogen and oxygen atoms in total. The van der Waals surface area contributed by atoms with E-state index < -0.39 is 0 Å². The fourth-order valence-electron chi connectivity index (χ4n) is 3.57. The van der Waals surface area contributed by atoms with Gasteiger partial charge in [0.15, 0.2) is 0 Å². The molecule has 1 saturated heterocycles. The average molecular weight is 303 g/mol. The third-order valence-electron chi connectivity index (χ3n) is 5.45. The first-order chi connectivity index (χ1) is 10.7. The number of fused-ring (bicyclic) bond motifs is 1. The molecule has 0 aromatic heterocycles. The summed E-state index contributed by atoms with van der Waals surface area (Å²) in [5, 5.41) is 9.60. The molecule has 1 unspecified atom stereocenters. The molecule has 2 aliphatic heterocycles. The van der Waals surface area contributed by atoms with Crippen molar-refractivity contribution in [1.29, 1.82) is 0 Å². The zero-order chi connectivity index (χ0) is 15.6. The van der Waals surface area contributed by atoms with Crippen LogP contribution in [0.25, 0.3) is 0 Å². The molecule has 0 radical (unpaired) electrons. The van der Waals surface area contributed by atoms with Crippen molar-refractivity contribution >= 4 is 5.91 Å². The van der Waals surface area contributed by atoms with Gasteiger partial charge in [-0.2, -0.15) is 0 Å². The maximum absolute atomic E-state index is 12.7. The molecule has 22 heavy (non-hydrogen) atoms. The minimum Gasteiger partial charge on any atom is -0.492 e. The lowest BCUT2D eigenvalue weighted by Crippen LogP contribution is -2.48. The van der Waals surface area contributed by atoms with E-state index in [4.69, 9.17) is 4.74 Å². The Balaban J connectivity index is 1.62. The Morgan fingerprint density at radius 2 is 2.09 bits per heavy atom. The molecular weight excluding hydrogens is 278 g/mol. The van der Waals surface area contributed by atoms with Crippen LogP contribution in [0.1, 0.15) is 31.7 Å². The molecule has 3 rings (SSSR count). The number of likely N-dealkylation sites (tertiary alicyclic amines) is 1. The van der Waals surface area contributed by atoms with Crippen LogP contribution in [0.4, 0.5) is 0 Å². The second kappa shape index (κ2) is 6.29. The standard InChI is InChI=1S/C18H25NO3/c1-2-18(13-20)7-9-19(10-8-18)17(21)15-11-14-5-3-4-6-16(14)22-12-15/h3-6,15,20H,2,7-13H2,1H3. The summed E-state index contributed by atoms with van der Waals surface area (Å²) in [6, 6.07) is 7.96. The maximum atomic E-state index is 12.7. The van der Waals surface area contributed by atoms with Gasteiger partial charge < -0.3 is 14.7 Å². The Morgan fingerprint density at radius 1 is 1.36 bits per heavy atom. The van der Waals surface area contributed by atoms with Gasteiger partial charge in [0.1, 0.15) is 12.4 Å². The number of ether oxygens (including phenoxy) is 1. The third kappa shape index (κ3) is 2.84. The van der Waals surface area contributed by atoms with E-state index in [0.717, 1.165) is 50.1 Å². The van der Waals surface area contributed by atoms with Crippen LogP contribution in [-0.2, 0) is 11.2 Å². The molecule has 0 aliphatic carbocycles. The lowest BCUT2D eigenvalue weighted by atomic mass is 9.76. The predicted octanol–water partition coefficient (Wildman–Crippen LogP) is 2.25. The van der Waals surface area contributed by atoms with Crippen molar-refractivity contribution < 1.29 is 14.6 Å². The number of rotatable bonds is 3. The minimum absolute atomic E-state index is 0.0203. The number of benzene rings is 1. The zero-order valence-electron chi connectivity index (χ0n) is 13.3. The Hall–Kier alpha value is -1.55. The normalized spacial score (nSPS) is 23.5. The van der Waals surface area contributed by atoms with Crippen molar-refractivity contribution in [3.05, 3.63) is 29.8 Å². The topological polar surface area (TPSA) is 49.8 Å². The first-order valence-corrected chi connectivity index (χ1v) is 8.28. The van der Waals surface area contributed by atoms with E-state index >= 15 is 0 Å². The number of hydrogen-bond acceptors (Lipinski definition) is 3. The van der Waals surface area contributed by atoms with E-state index in [1.165, 1.54) is 0 Å². The van der Waals surface area contributed by atoms with Crippen LogP contribution >= 0.6 is 0 Å². The predicted molar refractivity (Wildman–Crippen MR) is 84.8 cm³/mol. The van der Waals surface area contributed by atoms with Gasteiger partial charge in [-0.05, 0) is 42.7 Å². The Bertz CT molecular complexity index is 529. The molecule has 0 saturated carbocycles. The number of carbonyl (C=O) groups is 1. The number of nitrogens with zero attached hydrogens (tertiary/aromatic N) is 1. The molecule has 1 aromatic carbocycles. The van der Waals surface area contributed by atoms with E-state index in [0.29, 0.717) is 6.61 Å². The third-order valence-corrected chi connectivity index (χ3v) is 5.45. The number of hydrogen-bond donors (Lipinski definition) is 1. The first kappa shape index (κ1) is 15.3. The summed E-state index contributed by atoms with van der Waals surface area (Å²) in [5.41, 5.74) is 1.15. The molecule has 1 aromatic rings. The summed E-state index contributed by atoms with van der Waals surface area (Å²) in [4.78, 5) is 14.7. The summed E-state index contributed by atoms with van der Waals surface area (Å²) in [6.07, 6.45) is 3.54. The van der Waals surface area contributed by atoms with Crippen molar-refractivity contribution in [1.82, 2.24) is 4.90 Å². The van der Waals surface area contributed by atoms with Crippen LogP contribution in [0.5, 0.6) is 5.75 Å². The summed E-state index contributed by atoms with van der Waals surface area (Å²) in [7, 11) is 0. The highest BCUT2D eigenvalue weighted by molar-refractivity contribution is 5.80. The number of para-hydroxylation sites is 1. The maximum Gasteiger partial charge on any atom is 0.229 e. The highest BCUT2D eigenvalue weighted by atomic mass is 16.5. The summed E-state index contributed by atoms with van der Waals surface area (Å²) >= 11 is 0. The SMILES string of the molecule is CCC1(CO)CCN(C(=O)C2COc3ccccc3C2)CC1. The molecule has 1 atom stereocenters. The molecule has 2 aliphatic rings. The number of piperidine rings is 1. The van der Waals surface area contributed by atoms with Gasteiger partial charge in [0.05, 0.1) is 5.92 Å². The van der Waals surface area contributed by atoms with Crippen LogP contribution in [0.2, 0.25) is 0 Å². The molecule has 1 amide bonds. The van der Waals surface area contributed by atoms with Crippen LogP contribution in [0, 0.1) is 11.3 Å². The van der Waals surface area contributed by atoms with Gasteiger partial charge in [-0.15, -0.1) is 0 Å². The lowest BCUT2D eigenvalue weighted by Gasteiger charge is -2.41. The van der Waals surface area contributed by atoms with Crippen LogP contribution in [-0.4, -0.2) is 42.2 Å². The van der Waals surface area contributed by atoms with Gasteiger partial charge in [-0.1, -0.05) is 25.1 Å².